The zero-order valence-electron chi connectivity index (χ0n) is 14.6. The predicted molar refractivity (Wildman–Crippen MR) is 112 cm³/mol. The minimum absolute atomic E-state index is 0.195. The highest BCUT2D eigenvalue weighted by atomic mass is 79.9. The molecule has 28 heavy (non-hydrogen) atoms. The molecule has 0 spiro atoms. The lowest BCUT2D eigenvalue weighted by Crippen LogP contribution is -2.30. The van der Waals surface area contributed by atoms with E-state index in [0.29, 0.717) is 26.1 Å². The van der Waals surface area contributed by atoms with Gasteiger partial charge in [-0.25, -0.2) is 4.98 Å². The van der Waals surface area contributed by atoms with E-state index in [1.165, 1.54) is 16.2 Å². The summed E-state index contributed by atoms with van der Waals surface area (Å²) >= 11 is 10.9. The lowest BCUT2D eigenvalue weighted by molar-refractivity contribution is 0.0957. The van der Waals surface area contributed by atoms with Crippen LogP contribution in [-0.4, -0.2) is 23.0 Å². The van der Waals surface area contributed by atoms with Crippen LogP contribution in [0.5, 0.6) is 5.75 Å². The lowest BCUT2D eigenvalue weighted by Gasteiger charge is -2.18. The quantitative estimate of drug-likeness (QED) is 0.376. The van der Waals surface area contributed by atoms with Crippen molar-refractivity contribution in [3.63, 3.8) is 0 Å². The summed E-state index contributed by atoms with van der Waals surface area (Å²) in [5, 5.41) is 1.02. The summed E-state index contributed by atoms with van der Waals surface area (Å²) in [6.07, 6.45) is 1.68. The largest absolute Gasteiger partial charge is 0.494 e. The molecule has 3 heterocycles. The maximum Gasteiger partial charge on any atom is 0.296 e. The van der Waals surface area contributed by atoms with E-state index in [4.69, 9.17) is 20.8 Å². The molecule has 1 aromatic carbocycles. The van der Waals surface area contributed by atoms with E-state index in [-0.39, 0.29) is 18.2 Å². The first-order chi connectivity index (χ1) is 13.6. The summed E-state index contributed by atoms with van der Waals surface area (Å²) < 4.78 is 12.1. The van der Waals surface area contributed by atoms with Crippen LogP contribution in [0.2, 0.25) is 5.02 Å². The minimum atomic E-state index is -0.328. The zero-order chi connectivity index (χ0) is 19.7. The van der Waals surface area contributed by atoms with Gasteiger partial charge in [0.2, 0.25) is 0 Å². The van der Waals surface area contributed by atoms with E-state index >= 15 is 0 Å². The molecule has 1 amide bonds. The Labute approximate surface area is 177 Å². The molecule has 4 rings (SSSR count). The van der Waals surface area contributed by atoms with Crippen LogP contribution >= 0.6 is 38.9 Å². The number of amides is 1. The number of methoxy groups -OCH3 is 1. The Kier molecular flexibility index (Phi) is 5.34. The standard InChI is InChI=1S/C19H13BrClN3O3S/c1-26-13-6-5-12(21)17-16(13)23-19(28-17)24(10-11-4-2-3-9-22-11)18(25)14-7-8-15(20)27-14/h2-9H,10H2,1H3. The Balaban J connectivity index is 1.82. The van der Waals surface area contributed by atoms with Crippen molar-refractivity contribution in [1.29, 1.82) is 0 Å². The molecule has 6 nitrogen and oxygen atoms in total. The van der Waals surface area contributed by atoms with Gasteiger partial charge in [-0.15, -0.1) is 0 Å². The molecule has 0 fully saturated rings. The molecular weight excluding hydrogens is 466 g/mol. The molecule has 142 valence electrons. The van der Waals surface area contributed by atoms with Crippen LogP contribution in [0.15, 0.2) is 57.7 Å². The van der Waals surface area contributed by atoms with Crippen molar-refractivity contribution in [2.45, 2.75) is 6.54 Å². The molecule has 0 aliphatic rings. The van der Waals surface area contributed by atoms with Gasteiger partial charge < -0.3 is 9.15 Å². The fraction of sp³-hybridized carbons (Fsp3) is 0.105. The lowest BCUT2D eigenvalue weighted by atomic mass is 10.3. The second-order valence-corrected chi connectivity index (χ2v) is 7.91. The van der Waals surface area contributed by atoms with Gasteiger partial charge >= 0.3 is 0 Å². The van der Waals surface area contributed by atoms with Gasteiger partial charge in [0.15, 0.2) is 15.6 Å². The number of aromatic nitrogens is 2. The number of ether oxygens (including phenoxy) is 1. The highest BCUT2D eigenvalue weighted by molar-refractivity contribution is 9.10. The number of fused-ring (bicyclic) bond motifs is 1. The van der Waals surface area contributed by atoms with Gasteiger partial charge in [0.25, 0.3) is 5.91 Å². The first-order valence-corrected chi connectivity index (χ1v) is 10.2. The second-order valence-electron chi connectivity index (χ2n) is 5.74. The van der Waals surface area contributed by atoms with E-state index in [1.54, 1.807) is 37.6 Å². The number of carbonyl (C=O) groups is 1. The number of thiazole rings is 1. The number of benzene rings is 1. The number of pyridine rings is 1. The molecule has 0 unspecified atom stereocenters. The van der Waals surface area contributed by atoms with Crippen molar-refractivity contribution in [2.24, 2.45) is 0 Å². The number of halogens is 2. The Morgan fingerprint density at radius 2 is 2.14 bits per heavy atom. The van der Waals surface area contributed by atoms with E-state index in [0.717, 1.165) is 10.4 Å². The molecule has 0 bridgehead atoms. The van der Waals surface area contributed by atoms with Crippen LogP contribution in [0, 0.1) is 0 Å². The van der Waals surface area contributed by atoms with Crippen LogP contribution in [0.3, 0.4) is 0 Å². The third-order valence-electron chi connectivity index (χ3n) is 3.97. The van der Waals surface area contributed by atoms with E-state index < -0.39 is 0 Å². The third kappa shape index (κ3) is 3.63. The molecule has 0 aliphatic heterocycles. The maximum absolute atomic E-state index is 13.2. The molecule has 4 aromatic rings. The Morgan fingerprint density at radius 3 is 2.82 bits per heavy atom. The number of carbonyl (C=O) groups excluding carboxylic acids is 1. The summed E-state index contributed by atoms with van der Waals surface area (Å²) in [5.74, 6) is 0.457. The van der Waals surface area contributed by atoms with E-state index in [9.17, 15) is 4.79 Å². The first kappa shape index (κ1) is 18.9. The van der Waals surface area contributed by atoms with Gasteiger partial charge in [-0.1, -0.05) is 29.0 Å². The minimum Gasteiger partial charge on any atom is -0.494 e. The average Bonchev–Trinajstić information content (AvgIpc) is 3.34. The second kappa shape index (κ2) is 7.90. The molecule has 0 saturated heterocycles. The van der Waals surface area contributed by atoms with Crippen LogP contribution in [0.25, 0.3) is 10.2 Å². The topological polar surface area (TPSA) is 68.5 Å². The van der Waals surface area contributed by atoms with E-state index in [1.807, 2.05) is 18.2 Å². The van der Waals surface area contributed by atoms with Crippen molar-refractivity contribution in [3.05, 3.63) is 69.8 Å². The molecule has 0 saturated carbocycles. The normalized spacial score (nSPS) is 11.0. The number of hydrogen-bond acceptors (Lipinski definition) is 6. The van der Waals surface area contributed by atoms with Crippen LogP contribution in [0.4, 0.5) is 5.13 Å². The van der Waals surface area contributed by atoms with Crippen molar-refractivity contribution in [1.82, 2.24) is 9.97 Å². The SMILES string of the molecule is COc1ccc(Cl)c2sc(N(Cc3ccccn3)C(=O)c3ccc(Br)o3)nc12. The van der Waals surface area contributed by atoms with Crippen LogP contribution < -0.4 is 9.64 Å². The molecule has 0 atom stereocenters. The average molecular weight is 479 g/mol. The van der Waals surface area contributed by atoms with Gasteiger partial charge in [-0.05, 0) is 52.3 Å². The van der Waals surface area contributed by atoms with Gasteiger partial charge in [0.05, 0.1) is 29.1 Å². The summed E-state index contributed by atoms with van der Waals surface area (Å²) in [5.41, 5.74) is 1.33. The van der Waals surface area contributed by atoms with Gasteiger partial charge in [0, 0.05) is 6.20 Å². The summed E-state index contributed by atoms with van der Waals surface area (Å²) in [4.78, 5) is 23.6. The van der Waals surface area contributed by atoms with Gasteiger partial charge in [-0.3, -0.25) is 14.7 Å². The first-order valence-electron chi connectivity index (χ1n) is 8.17. The summed E-state index contributed by atoms with van der Waals surface area (Å²) in [6, 6.07) is 12.3. The van der Waals surface area contributed by atoms with Gasteiger partial charge in [0.1, 0.15) is 11.3 Å². The number of rotatable bonds is 5. The highest BCUT2D eigenvalue weighted by Crippen LogP contribution is 2.39. The Bertz CT molecular complexity index is 1150. The molecule has 3 aromatic heterocycles. The third-order valence-corrected chi connectivity index (χ3v) is 5.94. The summed E-state index contributed by atoms with van der Waals surface area (Å²) in [6.45, 7) is 0.234. The fourth-order valence-electron chi connectivity index (χ4n) is 2.66. The Hall–Kier alpha value is -2.42. The maximum atomic E-state index is 13.2. The Morgan fingerprint density at radius 1 is 1.29 bits per heavy atom. The van der Waals surface area contributed by atoms with Crippen LogP contribution in [0.1, 0.15) is 16.2 Å². The van der Waals surface area contributed by atoms with Crippen molar-refractivity contribution < 1.29 is 13.9 Å². The highest BCUT2D eigenvalue weighted by Gasteiger charge is 2.26. The summed E-state index contributed by atoms with van der Waals surface area (Å²) in [7, 11) is 1.57. The van der Waals surface area contributed by atoms with Gasteiger partial charge in [-0.2, -0.15) is 0 Å². The molecule has 0 aliphatic carbocycles. The number of anilines is 1. The zero-order valence-corrected chi connectivity index (χ0v) is 17.7. The smallest absolute Gasteiger partial charge is 0.296 e. The van der Waals surface area contributed by atoms with Crippen molar-refractivity contribution >= 4 is 60.1 Å². The predicted octanol–water partition coefficient (Wildman–Crippen LogP) is 5.56. The molecular formula is C19H13BrClN3O3S. The monoisotopic (exact) mass is 477 g/mol. The molecule has 0 radical (unpaired) electrons. The number of nitrogens with zero attached hydrogens (tertiary/aromatic N) is 3. The number of hydrogen-bond donors (Lipinski definition) is 0. The van der Waals surface area contributed by atoms with Crippen molar-refractivity contribution in [2.75, 3.05) is 12.0 Å². The molecule has 0 N–H and O–H groups in total. The van der Waals surface area contributed by atoms with Crippen molar-refractivity contribution in [3.8, 4) is 5.75 Å². The molecule has 9 heteroatoms. The number of furan rings is 1. The van der Waals surface area contributed by atoms with Crippen LogP contribution in [-0.2, 0) is 6.54 Å². The fourth-order valence-corrected chi connectivity index (χ4v) is 4.22. The van der Waals surface area contributed by atoms with E-state index in [2.05, 4.69) is 25.9 Å².